The van der Waals surface area contributed by atoms with E-state index in [0.29, 0.717) is 6.54 Å². The topological polar surface area (TPSA) is 86.5 Å². The Labute approximate surface area is 307 Å². The fraction of sp³-hybridized carbons (Fsp3) is 0.386. The third kappa shape index (κ3) is 8.75. The molecule has 0 saturated carbocycles. The summed E-state index contributed by atoms with van der Waals surface area (Å²) in [7, 11) is 0. The van der Waals surface area contributed by atoms with Crippen LogP contribution >= 0.6 is 11.8 Å². The van der Waals surface area contributed by atoms with Gasteiger partial charge in [-0.05, 0) is 123 Å². The van der Waals surface area contributed by atoms with Crippen molar-refractivity contribution in [3.05, 3.63) is 88.0 Å². The maximum Gasteiger partial charge on any atom is 0.283 e. The van der Waals surface area contributed by atoms with Gasteiger partial charge in [0.1, 0.15) is 0 Å². The number of benzene rings is 1. The van der Waals surface area contributed by atoms with Crippen molar-refractivity contribution in [2.75, 3.05) is 6.54 Å². The summed E-state index contributed by atoms with van der Waals surface area (Å²) in [5, 5.41) is 2.84. The van der Waals surface area contributed by atoms with Crippen LogP contribution in [-0.4, -0.2) is 31.7 Å². The molecule has 3 N–H and O–H groups in total. The number of hydrogen-bond donors (Lipinski definition) is 3. The number of thioether (sulfide) groups is 1. The summed E-state index contributed by atoms with van der Waals surface area (Å²) in [6.45, 7) is 9.33. The van der Waals surface area contributed by atoms with Gasteiger partial charge in [0.15, 0.2) is 0 Å². The van der Waals surface area contributed by atoms with Crippen molar-refractivity contribution in [3.63, 3.8) is 0 Å². The lowest BCUT2D eigenvalue weighted by Crippen LogP contribution is -2.16. The Bertz CT molecular complexity index is 1940. The highest BCUT2D eigenvalue weighted by molar-refractivity contribution is 8.13. The van der Waals surface area contributed by atoms with Crippen molar-refractivity contribution in [1.82, 2.24) is 25.3 Å². The summed E-state index contributed by atoms with van der Waals surface area (Å²) < 4.78 is 0. The number of amides is 1. The number of nitrogens with one attached hydrogen (secondary N) is 3. The van der Waals surface area contributed by atoms with Gasteiger partial charge in [-0.2, -0.15) is 0 Å². The largest absolute Gasteiger partial charge is 0.355 e. The molecule has 7 heteroatoms. The highest BCUT2D eigenvalue weighted by Gasteiger charge is 2.17. The Morgan fingerprint density at radius 2 is 1.00 bits per heavy atom. The molecule has 5 heterocycles. The lowest BCUT2D eigenvalue weighted by Gasteiger charge is -2.07. The highest BCUT2D eigenvalue weighted by Crippen LogP contribution is 2.33. The molecule has 0 aliphatic carbocycles. The Morgan fingerprint density at radius 1 is 0.569 bits per heavy atom. The van der Waals surface area contributed by atoms with Gasteiger partial charge in [-0.25, -0.2) is 9.97 Å². The zero-order valence-corrected chi connectivity index (χ0v) is 31.6. The zero-order valence-electron chi connectivity index (χ0n) is 30.8. The number of aromatic nitrogens is 4. The molecule has 2 aliphatic heterocycles. The molecule has 2 aliphatic rings. The van der Waals surface area contributed by atoms with Gasteiger partial charge in [-0.3, -0.25) is 4.79 Å². The fourth-order valence-corrected chi connectivity index (χ4v) is 7.81. The van der Waals surface area contributed by atoms with Crippen molar-refractivity contribution >= 4 is 63.4 Å². The Balaban J connectivity index is 1.63. The highest BCUT2D eigenvalue weighted by atomic mass is 32.2. The lowest BCUT2D eigenvalue weighted by atomic mass is 10.0. The number of carbonyl (C=O) groups is 1. The second-order valence-electron chi connectivity index (χ2n) is 13.6. The monoisotopic (exact) mass is 699 g/mol. The summed E-state index contributed by atoms with van der Waals surface area (Å²) >= 11 is 1.23. The molecule has 0 radical (unpaired) electrons. The minimum atomic E-state index is -0.0397. The van der Waals surface area contributed by atoms with Gasteiger partial charge in [-0.1, -0.05) is 71.4 Å². The average molecular weight is 700 g/mol. The number of fused-ring (bicyclic) bond motifs is 8. The summed E-state index contributed by atoms with van der Waals surface area (Å²) in [4.78, 5) is 31.7. The van der Waals surface area contributed by atoms with Crippen LogP contribution in [0.5, 0.6) is 0 Å². The molecule has 1 amide bonds. The second-order valence-corrected chi connectivity index (χ2v) is 14.7. The summed E-state index contributed by atoms with van der Waals surface area (Å²) in [5.74, 6) is 0. The van der Waals surface area contributed by atoms with E-state index < -0.39 is 0 Å². The molecular formula is C44H53N5OS. The van der Waals surface area contributed by atoms with Gasteiger partial charge in [0, 0.05) is 55.8 Å². The molecule has 4 aromatic rings. The smallest absolute Gasteiger partial charge is 0.283 e. The number of unbranched alkanes of at least 4 members (excludes halogenated alkanes) is 6. The van der Waals surface area contributed by atoms with Crippen LogP contribution in [0.1, 0.15) is 125 Å². The average Bonchev–Trinajstić information content (AvgIpc) is 3.97. The van der Waals surface area contributed by atoms with E-state index in [-0.39, 0.29) is 5.24 Å². The Morgan fingerprint density at radius 3 is 1.45 bits per heavy atom. The molecule has 0 fully saturated rings. The van der Waals surface area contributed by atoms with Crippen LogP contribution in [0.3, 0.4) is 0 Å². The zero-order chi connectivity index (χ0) is 35.6. The number of carbonyl (C=O) groups excluding carboxylic acids is 1. The third-order valence-electron chi connectivity index (χ3n) is 9.84. The minimum Gasteiger partial charge on any atom is -0.355 e. The van der Waals surface area contributed by atoms with Gasteiger partial charge in [0.25, 0.3) is 5.24 Å². The molecule has 0 atom stereocenters. The van der Waals surface area contributed by atoms with E-state index in [9.17, 15) is 4.79 Å². The molecule has 51 heavy (non-hydrogen) atoms. The third-order valence-corrected chi connectivity index (χ3v) is 10.7. The van der Waals surface area contributed by atoms with Crippen LogP contribution in [0.25, 0.3) is 57.5 Å². The van der Waals surface area contributed by atoms with Gasteiger partial charge >= 0.3 is 0 Å². The maximum atomic E-state index is 12.3. The molecule has 1 aromatic carbocycles. The first-order valence-electron chi connectivity index (χ1n) is 19.2. The number of nitrogens with zero attached hydrogens (tertiary/aromatic N) is 2. The van der Waals surface area contributed by atoms with Crippen LogP contribution in [0.2, 0.25) is 0 Å². The molecule has 3 aromatic heterocycles. The first kappa shape index (κ1) is 36.4. The number of hydrogen-bond acceptors (Lipinski definition) is 4. The molecule has 0 spiro atoms. The first-order chi connectivity index (χ1) is 25.0. The van der Waals surface area contributed by atoms with E-state index in [1.165, 1.54) is 67.0 Å². The Kier molecular flexibility index (Phi) is 12.7. The van der Waals surface area contributed by atoms with Crippen molar-refractivity contribution in [2.24, 2.45) is 0 Å². The second kappa shape index (κ2) is 17.7. The maximum absolute atomic E-state index is 12.3. The summed E-state index contributed by atoms with van der Waals surface area (Å²) in [5.41, 5.74) is 14.4. The van der Waals surface area contributed by atoms with Gasteiger partial charge < -0.3 is 15.3 Å². The summed E-state index contributed by atoms with van der Waals surface area (Å²) in [6, 6.07) is 17.2. The number of rotatable bonds is 15. The van der Waals surface area contributed by atoms with Gasteiger partial charge in [0.05, 0.1) is 22.8 Å². The normalized spacial score (nSPS) is 12.2. The van der Waals surface area contributed by atoms with Crippen molar-refractivity contribution in [2.45, 2.75) is 110 Å². The Hall–Kier alpha value is -4.36. The predicted octanol–water partition coefficient (Wildman–Crippen LogP) is 12.3. The summed E-state index contributed by atoms with van der Waals surface area (Å²) in [6.07, 6.45) is 22.2. The van der Waals surface area contributed by atoms with Crippen LogP contribution in [0, 0.1) is 0 Å². The van der Waals surface area contributed by atoms with Crippen LogP contribution in [0.4, 0.5) is 4.79 Å². The van der Waals surface area contributed by atoms with Gasteiger partial charge in [0.2, 0.25) is 0 Å². The van der Waals surface area contributed by atoms with E-state index in [1.54, 1.807) is 0 Å². The molecule has 0 unspecified atom stereocenters. The lowest BCUT2D eigenvalue weighted by molar-refractivity contribution is 0.261. The van der Waals surface area contributed by atoms with E-state index in [2.05, 4.69) is 96.8 Å². The quantitative estimate of drug-likeness (QED) is 0.0735. The number of aromatic amines is 2. The molecule has 8 bridgehead atoms. The molecule has 266 valence electrons. The molecule has 0 saturated heterocycles. The van der Waals surface area contributed by atoms with Crippen molar-refractivity contribution < 1.29 is 4.79 Å². The minimum absolute atomic E-state index is 0.0397. The van der Waals surface area contributed by atoms with Crippen LogP contribution in [-0.2, 0) is 19.3 Å². The van der Waals surface area contributed by atoms with Gasteiger partial charge in [-0.15, -0.1) is 0 Å². The first-order valence-corrected chi connectivity index (χ1v) is 20.0. The van der Waals surface area contributed by atoms with E-state index in [4.69, 9.17) is 9.97 Å². The standard InChI is InChI=1S/C44H53N5OS/c1-5-9-12-15-32-35-22-24-37(46-35)33(16-13-10-6-2)39-26-28-41(48-39)43(30-18-20-31(21-19-30)51-44(50)45-8-4)42-29-27-40(49-42)34(17-14-11-7-3)38-25-23-36(32)47-38/h18-29,48-49H,5-17H2,1-4H3,(H,45,50). The van der Waals surface area contributed by atoms with Crippen molar-refractivity contribution in [3.8, 4) is 11.1 Å². The molecule has 6 nitrogen and oxygen atoms in total. The van der Waals surface area contributed by atoms with Crippen LogP contribution in [0.15, 0.2) is 53.4 Å². The van der Waals surface area contributed by atoms with Crippen molar-refractivity contribution in [1.29, 1.82) is 0 Å². The molecule has 6 rings (SSSR count). The number of aryl methyl sites for hydroxylation is 2. The predicted molar refractivity (Wildman–Crippen MR) is 219 cm³/mol. The van der Waals surface area contributed by atoms with E-state index >= 15 is 0 Å². The SMILES string of the molecule is CCCCCc1c2nc(c(CCCCC)c3ccc([nH]3)c(-c3ccc(SC(=O)NCC)cc3)c3ccc([nH]3)c(CCCCC)c3nc1C=C3)C=C2. The van der Waals surface area contributed by atoms with E-state index in [1.807, 2.05) is 19.1 Å². The van der Waals surface area contributed by atoms with E-state index in [0.717, 1.165) is 99.4 Å². The molecular weight excluding hydrogens is 647 g/mol. The fourth-order valence-electron chi connectivity index (χ4n) is 7.11. The number of H-pyrrole nitrogens is 2. The van der Waals surface area contributed by atoms with Crippen LogP contribution < -0.4 is 5.32 Å².